The summed E-state index contributed by atoms with van der Waals surface area (Å²) in [5.74, 6) is 0.307. The number of rotatable bonds is 9. The van der Waals surface area contributed by atoms with Crippen molar-refractivity contribution in [2.45, 2.75) is 13.5 Å². The molecule has 8 nitrogen and oxygen atoms in total. The van der Waals surface area contributed by atoms with Crippen molar-refractivity contribution in [1.82, 2.24) is 14.7 Å². The van der Waals surface area contributed by atoms with Gasteiger partial charge in [-0.05, 0) is 42.3 Å². The number of nitrogens with zero attached hydrogens (tertiary/aromatic N) is 4. The Bertz CT molecular complexity index is 1330. The van der Waals surface area contributed by atoms with Crippen LogP contribution in [-0.2, 0) is 11.3 Å². The monoisotopic (exact) mass is 500 g/mol. The van der Waals surface area contributed by atoms with Gasteiger partial charge in [0, 0.05) is 44.4 Å². The number of likely N-dealkylation sites (N-methyl/N-ethyl adjacent to an activating group) is 1. The molecule has 0 bridgehead atoms. The Kier molecular flexibility index (Phi) is 8.04. The van der Waals surface area contributed by atoms with Crippen LogP contribution in [0.3, 0.4) is 0 Å². The molecule has 1 amide bonds. The number of thiophene rings is 1. The fourth-order valence-corrected chi connectivity index (χ4v) is 4.37. The van der Waals surface area contributed by atoms with Crippen LogP contribution in [0.1, 0.15) is 27.7 Å². The zero-order valence-electron chi connectivity index (χ0n) is 20.2. The summed E-state index contributed by atoms with van der Waals surface area (Å²) in [7, 11) is 2.04. The summed E-state index contributed by atoms with van der Waals surface area (Å²) in [4.78, 5) is 17.9. The van der Waals surface area contributed by atoms with E-state index in [9.17, 15) is 4.79 Å². The summed E-state index contributed by atoms with van der Waals surface area (Å²) in [5, 5.41) is 22.1. The lowest BCUT2D eigenvalue weighted by molar-refractivity contribution is 0.0987. The molecule has 0 aliphatic heterocycles. The molecule has 2 aromatic carbocycles. The van der Waals surface area contributed by atoms with Gasteiger partial charge in [0.25, 0.3) is 5.91 Å². The highest BCUT2D eigenvalue weighted by Crippen LogP contribution is 2.20. The summed E-state index contributed by atoms with van der Waals surface area (Å²) in [6.45, 7) is 3.42. The normalized spacial score (nSPS) is 10.9. The highest BCUT2D eigenvalue weighted by molar-refractivity contribution is 7.12. The average Bonchev–Trinajstić information content (AvgIpc) is 3.57. The molecule has 0 spiro atoms. The second kappa shape index (κ2) is 11.6. The third kappa shape index (κ3) is 6.32. The van der Waals surface area contributed by atoms with Crippen LogP contribution < -0.4 is 4.90 Å². The second-order valence-corrected chi connectivity index (χ2v) is 9.26. The number of carbonyl (C=O) groups excluding carboxylic acids is 1. The number of amides is 1. The maximum atomic E-state index is 13.4. The van der Waals surface area contributed by atoms with E-state index in [1.165, 1.54) is 23.8 Å². The summed E-state index contributed by atoms with van der Waals surface area (Å²) in [5.41, 5.74) is 2.47. The predicted octanol–water partition coefficient (Wildman–Crippen LogP) is 5.05. The molecule has 0 unspecified atom stereocenters. The topological polar surface area (TPSA) is 98.3 Å². The van der Waals surface area contributed by atoms with E-state index in [1.807, 2.05) is 54.9 Å². The molecule has 36 heavy (non-hydrogen) atoms. The fourth-order valence-electron chi connectivity index (χ4n) is 3.70. The van der Waals surface area contributed by atoms with Gasteiger partial charge in [0.15, 0.2) is 11.7 Å². The number of ether oxygens (including phenoxy) is 1. The van der Waals surface area contributed by atoms with Crippen LogP contribution in [0.4, 0.5) is 5.82 Å². The molecule has 4 aromatic rings. The molecule has 0 atom stereocenters. The number of hydrogen-bond donors (Lipinski definition) is 2. The van der Waals surface area contributed by atoms with Crippen molar-refractivity contribution in [3.05, 3.63) is 100 Å². The first-order valence-electron chi connectivity index (χ1n) is 11.5. The van der Waals surface area contributed by atoms with Crippen molar-refractivity contribution >= 4 is 34.9 Å². The Morgan fingerprint density at radius 2 is 1.83 bits per heavy atom. The SMILES string of the molecule is CC(=N)OC(=N)c1cccc(-n2ccc(N(CCN(C)Cc3ccccc3)C(=O)c3cccs3)n2)c1. The van der Waals surface area contributed by atoms with Gasteiger partial charge >= 0.3 is 0 Å². The standard InChI is InChI=1S/C27H28N6O2S/c1-20(28)35-26(29)22-10-6-11-23(18-22)33-14-13-25(30-33)32(27(34)24-12-7-17-36-24)16-15-31(2)19-21-8-4-3-5-9-21/h3-14,17-18,28-29H,15-16,19H2,1-2H3. The Morgan fingerprint density at radius 1 is 1.03 bits per heavy atom. The van der Waals surface area contributed by atoms with E-state index < -0.39 is 0 Å². The Morgan fingerprint density at radius 3 is 2.56 bits per heavy atom. The molecule has 4 rings (SSSR count). The van der Waals surface area contributed by atoms with Crippen molar-refractivity contribution in [1.29, 1.82) is 10.8 Å². The molecule has 0 radical (unpaired) electrons. The quantitative estimate of drug-likeness (QED) is 0.248. The first-order valence-corrected chi connectivity index (χ1v) is 12.3. The molecule has 0 aliphatic carbocycles. The molecule has 0 aliphatic rings. The first-order chi connectivity index (χ1) is 17.4. The van der Waals surface area contributed by atoms with Crippen molar-refractivity contribution in [2.24, 2.45) is 0 Å². The van der Waals surface area contributed by atoms with E-state index in [-0.39, 0.29) is 17.7 Å². The van der Waals surface area contributed by atoms with E-state index >= 15 is 0 Å². The maximum Gasteiger partial charge on any atom is 0.269 e. The lowest BCUT2D eigenvalue weighted by Gasteiger charge is -2.24. The minimum atomic E-state index is -0.104. The van der Waals surface area contributed by atoms with Crippen LogP contribution in [-0.4, -0.2) is 52.5 Å². The number of nitrogens with one attached hydrogen (secondary N) is 2. The predicted molar refractivity (Wildman–Crippen MR) is 144 cm³/mol. The number of aromatic nitrogens is 2. The second-order valence-electron chi connectivity index (χ2n) is 8.31. The number of anilines is 1. The molecule has 2 heterocycles. The fraction of sp³-hybridized carbons (Fsp3) is 0.185. The molecular formula is C27H28N6O2S. The van der Waals surface area contributed by atoms with Gasteiger partial charge in [-0.1, -0.05) is 42.5 Å². The highest BCUT2D eigenvalue weighted by atomic mass is 32.1. The van der Waals surface area contributed by atoms with Crippen LogP contribution >= 0.6 is 11.3 Å². The van der Waals surface area contributed by atoms with Crippen LogP contribution in [0.25, 0.3) is 5.69 Å². The van der Waals surface area contributed by atoms with Gasteiger partial charge in [-0.25, -0.2) is 4.68 Å². The number of hydrogen-bond acceptors (Lipinski definition) is 7. The molecule has 184 valence electrons. The summed E-state index contributed by atoms with van der Waals surface area (Å²) in [6.07, 6.45) is 1.79. The summed E-state index contributed by atoms with van der Waals surface area (Å²) >= 11 is 1.41. The van der Waals surface area contributed by atoms with Crippen molar-refractivity contribution < 1.29 is 9.53 Å². The summed E-state index contributed by atoms with van der Waals surface area (Å²) in [6, 6.07) is 22.9. The van der Waals surface area contributed by atoms with Crippen LogP contribution in [0, 0.1) is 10.8 Å². The minimum absolute atomic E-state index is 0.0493. The largest absolute Gasteiger partial charge is 0.426 e. The molecule has 2 N–H and O–H groups in total. The van der Waals surface area contributed by atoms with Gasteiger partial charge in [-0.2, -0.15) is 0 Å². The highest BCUT2D eigenvalue weighted by Gasteiger charge is 2.21. The Balaban J connectivity index is 1.54. The Hall–Kier alpha value is -4.08. The van der Waals surface area contributed by atoms with Crippen LogP contribution in [0.2, 0.25) is 0 Å². The van der Waals surface area contributed by atoms with Gasteiger partial charge in [-0.3, -0.25) is 20.5 Å². The molecule has 0 saturated heterocycles. The van der Waals surface area contributed by atoms with Gasteiger partial charge in [0.1, 0.15) is 0 Å². The molecule has 9 heteroatoms. The van der Waals surface area contributed by atoms with E-state index in [0.29, 0.717) is 29.3 Å². The van der Waals surface area contributed by atoms with E-state index in [2.05, 4.69) is 22.1 Å². The van der Waals surface area contributed by atoms with E-state index in [1.54, 1.807) is 34.0 Å². The molecular weight excluding hydrogens is 472 g/mol. The van der Waals surface area contributed by atoms with Gasteiger partial charge in [0.2, 0.25) is 5.90 Å². The lowest BCUT2D eigenvalue weighted by atomic mass is 10.2. The zero-order chi connectivity index (χ0) is 25.5. The van der Waals surface area contributed by atoms with Crippen molar-refractivity contribution in [2.75, 3.05) is 25.0 Å². The molecule has 0 saturated carbocycles. The van der Waals surface area contributed by atoms with Crippen LogP contribution in [0.15, 0.2) is 84.4 Å². The maximum absolute atomic E-state index is 13.4. The van der Waals surface area contributed by atoms with Crippen molar-refractivity contribution in [3.8, 4) is 5.69 Å². The smallest absolute Gasteiger partial charge is 0.269 e. The van der Waals surface area contributed by atoms with Gasteiger partial charge in [-0.15, -0.1) is 16.4 Å². The van der Waals surface area contributed by atoms with Crippen molar-refractivity contribution in [3.63, 3.8) is 0 Å². The number of benzene rings is 2. The Labute approximate surface area is 214 Å². The third-order valence-corrected chi connectivity index (χ3v) is 6.32. The van der Waals surface area contributed by atoms with E-state index in [4.69, 9.17) is 15.6 Å². The zero-order valence-corrected chi connectivity index (χ0v) is 21.0. The van der Waals surface area contributed by atoms with E-state index in [0.717, 1.165) is 12.2 Å². The minimum Gasteiger partial charge on any atom is -0.426 e. The molecule has 0 fully saturated rings. The van der Waals surface area contributed by atoms with Gasteiger partial charge in [0.05, 0.1) is 10.6 Å². The number of carbonyl (C=O) groups is 1. The first kappa shape index (κ1) is 25.0. The van der Waals surface area contributed by atoms with Crippen LogP contribution in [0.5, 0.6) is 0 Å². The average molecular weight is 501 g/mol. The molecule has 2 aromatic heterocycles. The lowest BCUT2D eigenvalue weighted by Crippen LogP contribution is -2.37. The third-order valence-electron chi connectivity index (χ3n) is 5.46. The van der Waals surface area contributed by atoms with Gasteiger partial charge < -0.3 is 9.64 Å². The summed E-state index contributed by atoms with van der Waals surface area (Å²) < 4.78 is 6.79.